The second-order valence-corrected chi connectivity index (χ2v) is 9.39. The summed E-state index contributed by atoms with van der Waals surface area (Å²) in [6, 6.07) is 0. The van der Waals surface area contributed by atoms with E-state index in [0.717, 1.165) is 32.1 Å². The molecular weight excluding hydrogens is 300 g/mol. The van der Waals surface area contributed by atoms with Gasteiger partial charge in [-0.05, 0) is 85.5 Å². The topological polar surface area (TPSA) is 57.5 Å². The van der Waals surface area contributed by atoms with Crippen molar-refractivity contribution in [2.75, 3.05) is 6.61 Å². The zero-order chi connectivity index (χ0) is 17.1. The summed E-state index contributed by atoms with van der Waals surface area (Å²) in [5, 5.41) is 20.1. The predicted molar refractivity (Wildman–Crippen MR) is 93.3 cm³/mol. The first-order valence-electron chi connectivity index (χ1n) is 9.94. The van der Waals surface area contributed by atoms with Gasteiger partial charge in [0.2, 0.25) is 0 Å². The quantitative estimate of drug-likeness (QED) is 0.814. The summed E-state index contributed by atoms with van der Waals surface area (Å²) in [5.74, 6) is 2.48. The van der Waals surface area contributed by atoms with Gasteiger partial charge in [-0.25, -0.2) is 0 Å². The standard InChI is InChI=1S/C21H32O3/c1-20-9-7-18-16(17(20)5-6-19(20)24)4-3-13-11-15(23)12-14(8-10-22)21(13,18)2/h11,14,16-19,22,24H,3-10,12H2,1-2H3/t14?,16-,17-,18-,19-,20-,21+/m0/s1. The molecule has 3 fully saturated rings. The van der Waals surface area contributed by atoms with Crippen molar-refractivity contribution in [3.63, 3.8) is 0 Å². The molecule has 4 aliphatic carbocycles. The zero-order valence-electron chi connectivity index (χ0n) is 15.1. The summed E-state index contributed by atoms with van der Waals surface area (Å²) in [6.45, 7) is 4.88. The Kier molecular flexibility index (Phi) is 3.96. The fourth-order valence-electron chi connectivity index (χ4n) is 7.30. The van der Waals surface area contributed by atoms with Gasteiger partial charge in [0.25, 0.3) is 0 Å². The molecule has 0 aromatic heterocycles. The molecule has 4 aliphatic rings. The highest BCUT2D eigenvalue weighted by atomic mass is 16.3. The van der Waals surface area contributed by atoms with Crippen LogP contribution in [0.5, 0.6) is 0 Å². The smallest absolute Gasteiger partial charge is 0.155 e. The summed E-state index contributed by atoms with van der Waals surface area (Å²) in [6.07, 6.45) is 9.78. The number of rotatable bonds is 2. The third-order valence-corrected chi connectivity index (χ3v) is 8.70. The minimum absolute atomic E-state index is 0.0778. The zero-order valence-corrected chi connectivity index (χ0v) is 15.1. The van der Waals surface area contributed by atoms with Crippen LogP contribution in [0.1, 0.15) is 65.2 Å². The SMILES string of the molecule is C[C@]12CC[C@H]3[C@@H](CCC4=CC(=O)CC(CCO)[C@@]43C)[C@@H]1CC[C@@H]2O. The van der Waals surface area contributed by atoms with E-state index in [0.29, 0.717) is 30.1 Å². The molecule has 7 atom stereocenters. The van der Waals surface area contributed by atoms with E-state index < -0.39 is 0 Å². The third-order valence-electron chi connectivity index (χ3n) is 8.70. The average Bonchev–Trinajstić information content (AvgIpc) is 2.84. The molecule has 3 nitrogen and oxygen atoms in total. The molecule has 134 valence electrons. The van der Waals surface area contributed by atoms with Crippen LogP contribution >= 0.6 is 0 Å². The number of carbonyl (C=O) groups excluding carboxylic acids is 1. The van der Waals surface area contributed by atoms with Crippen molar-refractivity contribution in [1.29, 1.82) is 0 Å². The maximum Gasteiger partial charge on any atom is 0.155 e. The molecule has 0 aromatic carbocycles. The van der Waals surface area contributed by atoms with Gasteiger partial charge in [-0.3, -0.25) is 4.79 Å². The van der Waals surface area contributed by atoms with E-state index in [-0.39, 0.29) is 29.3 Å². The van der Waals surface area contributed by atoms with Crippen molar-refractivity contribution in [2.45, 2.75) is 71.3 Å². The van der Waals surface area contributed by atoms with Gasteiger partial charge < -0.3 is 10.2 Å². The summed E-state index contributed by atoms with van der Waals surface area (Å²) >= 11 is 0. The molecule has 0 amide bonds. The van der Waals surface area contributed by atoms with E-state index >= 15 is 0 Å². The monoisotopic (exact) mass is 332 g/mol. The van der Waals surface area contributed by atoms with Gasteiger partial charge in [0, 0.05) is 13.0 Å². The van der Waals surface area contributed by atoms with Crippen LogP contribution in [-0.2, 0) is 4.79 Å². The molecule has 1 unspecified atom stereocenters. The maximum atomic E-state index is 12.2. The van der Waals surface area contributed by atoms with Crippen molar-refractivity contribution in [1.82, 2.24) is 0 Å². The van der Waals surface area contributed by atoms with E-state index in [1.54, 1.807) is 0 Å². The lowest BCUT2D eigenvalue weighted by atomic mass is 9.45. The van der Waals surface area contributed by atoms with Crippen LogP contribution in [0.3, 0.4) is 0 Å². The van der Waals surface area contributed by atoms with Crippen LogP contribution in [0.2, 0.25) is 0 Å². The second-order valence-electron chi connectivity index (χ2n) is 9.39. The minimum atomic E-state index is -0.130. The Morgan fingerprint density at radius 2 is 1.96 bits per heavy atom. The summed E-state index contributed by atoms with van der Waals surface area (Å²) < 4.78 is 0. The first-order valence-corrected chi connectivity index (χ1v) is 9.94. The lowest BCUT2D eigenvalue weighted by Gasteiger charge is -2.60. The summed E-state index contributed by atoms with van der Waals surface area (Å²) in [4.78, 5) is 12.2. The Balaban J connectivity index is 1.71. The van der Waals surface area contributed by atoms with Crippen LogP contribution in [0.4, 0.5) is 0 Å². The van der Waals surface area contributed by atoms with Gasteiger partial charge in [0.1, 0.15) is 0 Å². The Morgan fingerprint density at radius 3 is 2.71 bits per heavy atom. The highest BCUT2D eigenvalue weighted by Gasteiger charge is 2.60. The second kappa shape index (κ2) is 5.67. The van der Waals surface area contributed by atoms with Crippen molar-refractivity contribution in [2.24, 2.45) is 34.5 Å². The van der Waals surface area contributed by atoms with Crippen LogP contribution in [0.25, 0.3) is 0 Å². The number of aliphatic hydroxyl groups excluding tert-OH is 2. The molecule has 3 heteroatoms. The number of hydrogen-bond acceptors (Lipinski definition) is 3. The number of aliphatic hydroxyl groups is 2. The van der Waals surface area contributed by atoms with E-state index in [2.05, 4.69) is 13.8 Å². The largest absolute Gasteiger partial charge is 0.396 e. The Bertz CT molecular complexity index is 567. The number of fused-ring (bicyclic) bond motifs is 5. The Labute approximate surface area is 145 Å². The molecule has 3 saturated carbocycles. The van der Waals surface area contributed by atoms with E-state index in [4.69, 9.17) is 0 Å². The van der Waals surface area contributed by atoms with Gasteiger partial charge in [-0.1, -0.05) is 19.4 Å². The minimum Gasteiger partial charge on any atom is -0.396 e. The highest BCUT2D eigenvalue weighted by molar-refractivity contribution is 5.92. The number of allylic oxidation sites excluding steroid dienone is 1. The van der Waals surface area contributed by atoms with Gasteiger partial charge in [0.15, 0.2) is 5.78 Å². The van der Waals surface area contributed by atoms with Crippen LogP contribution in [0.15, 0.2) is 11.6 Å². The van der Waals surface area contributed by atoms with E-state index in [1.165, 1.54) is 18.4 Å². The molecule has 0 spiro atoms. The normalized spacial score (nSPS) is 50.8. The molecule has 2 N–H and O–H groups in total. The fraction of sp³-hybridized carbons (Fsp3) is 0.857. The van der Waals surface area contributed by atoms with Gasteiger partial charge in [0.05, 0.1) is 6.10 Å². The van der Waals surface area contributed by atoms with Crippen molar-refractivity contribution in [3.05, 3.63) is 11.6 Å². The first kappa shape index (κ1) is 16.8. The first-order chi connectivity index (χ1) is 11.4. The molecule has 0 radical (unpaired) electrons. The van der Waals surface area contributed by atoms with Crippen molar-refractivity contribution >= 4 is 5.78 Å². The average molecular weight is 332 g/mol. The molecule has 0 aliphatic heterocycles. The van der Waals surface area contributed by atoms with Gasteiger partial charge in [-0.2, -0.15) is 0 Å². The summed E-state index contributed by atoms with van der Waals surface area (Å²) in [7, 11) is 0. The van der Waals surface area contributed by atoms with Crippen molar-refractivity contribution < 1.29 is 15.0 Å². The van der Waals surface area contributed by atoms with Crippen molar-refractivity contribution in [3.8, 4) is 0 Å². The Hall–Kier alpha value is -0.670. The number of hydrogen-bond donors (Lipinski definition) is 2. The molecule has 4 rings (SSSR count). The molecule has 0 heterocycles. The summed E-state index contributed by atoms with van der Waals surface area (Å²) in [5.41, 5.74) is 1.55. The molecular formula is C21H32O3. The molecule has 24 heavy (non-hydrogen) atoms. The van der Waals surface area contributed by atoms with E-state index in [1.807, 2.05) is 6.08 Å². The molecule has 0 aromatic rings. The van der Waals surface area contributed by atoms with Gasteiger partial charge >= 0.3 is 0 Å². The lowest BCUT2D eigenvalue weighted by molar-refractivity contribution is -0.122. The molecule has 0 saturated heterocycles. The highest BCUT2D eigenvalue weighted by Crippen LogP contribution is 2.66. The van der Waals surface area contributed by atoms with Crippen LogP contribution < -0.4 is 0 Å². The van der Waals surface area contributed by atoms with Gasteiger partial charge in [-0.15, -0.1) is 0 Å². The maximum absolute atomic E-state index is 12.2. The number of carbonyl (C=O) groups is 1. The lowest BCUT2D eigenvalue weighted by Crippen LogP contribution is -2.54. The van der Waals surface area contributed by atoms with Crippen LogP contribution in [0, 0.1) is 34.5 Å². The Morgan fingerprint density at radius 1 is 1.17 bits per heavy atom. The number of ketones is 1. The fourth-order valence-corrected chi connectivity index (χ4v) is 7.30. The predicted octanol–water partition coefficient (Wildman–Crippen LogP) is 3.49. The molecule has 0 bridgehead atoms. The third kappa shape index (κ3) is 2.13. The van der Waals surface area contributed by atoms with E-state index in [9.17, 15) is 15.0 Å². The van der Waals surface area contributed by atoms with Crippen LogP contribution in [-0.4, -0.2) is 28.7 Å².